The Morgan fingerprint density at radius 1 is 0.970 bits per heavy atom. The smallest absolute Gasteiger partial charge is 0.174 e. The molecule has 1 fully saturated rings. The van der Waals surface area contributed by atoms with Crippen LogP contribution < -0.4 is 10.2 Å². The van der Waals surface area contributed by atoms with Gasteiger partial charge in [-0.15, -0.1) is 0 Å². The van der Waals surface area contributed by atoms with E-state index in [9.17, 15) is 4.39 Å². The Balaban J connectivity index is 1.69. The lowest BCUT2D eigenvalue weighted by Gasteiger charge is -2.28. The number of hydrogen-bond acceptors (Lipinski definition) is 3. The molecule has 2 atom stereocenters. The van der Waals surface area contributed by atoms with E-state index in [-0.39, 0.29) is 17.9 Å². The summed E-state index contributed by atoms with van der Waals surface area (Å²) in [4.78, 5) is 11.1. The predicted octanol–water partition coefficient (Wildman–Crippen LogP) is 5.51. The van der Waals surface area contributed by atoms with Crippen LogP contribution in [0.4, 0.5) is 10.1 Å². The van der Waals surface area contributed by atoms with Crippen molar-refractivity contribution >= 4 is 23.0 Å². The van der Waals surface area contributed by atoms with E-state index in [4.69, 9.17) is 12.2 Å². The van der Waals surface area contributed by atoms with Crippen molar-refractivity contribution in [3.63, 3.8) is 0 Å². The van der Waals surface area contributed by atoms with Gasteiger partial charge in [-0.25, -0.2) is 9.37 Å². The number of rotatable bonds is 4. The van der Waals surface area contributed by atoms with Crippen molar-refractivity contribution in [1.82, 2.24) is 19.9 Å². The fourth-order valence-electron chi connectivity index (χ4n) is 4.61. The molecule has 166 valence electrons. The number of aryl methyl sites for hydroxylation is 2. The molecule has 0 radical (unpaired) electrons. The second kappa shape index (κ2) is 8.41. The Morgan fingerprint density at radius 3 is 2.45 bits per heavy atom. The molecule has 33 heavy (non-hydrogen) atoms. The van der Waals surface area contributed by atoms with Crippen LogP contribution >= 0.6 is 12.2 Å². The van der Waals surface area contributed by atoms with Crippen LogP contribution in [0.15, 0.2) is 73.1 Å². The van der Waals surface area contributed by atoms with Gasteiger partial charge in [-0.1, -0.05) is 24.3 Å². The minimum absolute atomic E-state index is 0.238. The maximum Gasteiger partial charge on any atom is 0.174 e. The van der Waals surface area contributed by atoms with Crippen molar-refractivity contribution in [2.75, 3.05) is 4.90 Å². The molecule has 0 aliphatic carbocycles. The summed E-state index contributed by atoms with van der Waals surface area (Å²) < 4.78 is 17.1. The van der Waals surface area contributed by atoms with Gasteiger partial charge in [0.25, 0.3) is 0 Å². The third-order valence-electron chi connectivity index (χ3n) is 6.12. The number of halogens is 1. The molecule has 4 aromatic rings. The summed E-state index contributed by atoms with van der Waals surface area (Å²) >= 11 is 5.73. The number of nitrogens with zero attached hydrogens (tertiary/aromatic N) is 4. The van der Waals surface area contributed by atoms with Crippen LogP contribution in [0.3, 0.4) is 0 Å². The first-order valence-corrected chi connectivity index (χ1v) is 11.2. The third kappa shape index (κ3) is 3.68. The van der Waals surface area contributed by atoms with Gasteiger partial charge in [-0.3, -0.25) is 4.98 Å². The highest BCUT2D eigenvalue weighted by atomic mass is 32.1. The van der Waals surface area contributed by atoms with Gasteiger partial charge in [0.15, 0.2) is 5.11 Å². The summed E-state index contributed by atoms with van der Waals surface area (Å²) in [5.74, 6) is 0.532. The number of hydrogen-bond donors (Lipinski definition) is 1. The Bertz CT molecular complexity index is 1320. The molecule has 1 aromatic carbocycles. The third-order valence-corrected chi connectivity index (χ3v) is 6.44. The highest BCUT2D eigenvalue weighted by Crippen LogP contribution is 2.44. The van der Waals surface area contributed by atoms with E-state index in [1.54, 1.807) is 18.3 Å². The first-order chi connectivity index (χ1) is 16.0. The Morgan fingerprint density at radius 2 is 1.76 bits per heavy atom. The maximum absolute atomic E-state index is 15.0. The largest absolute Gasteiger partial charge is 0.351 e. The van der Waals surface area contributed by atoms with E-state index >= 15 is 0 Å². The average molecular weight is 458 g/mol. The molecular weight excluding hydrogens is 433 g/mol. The first kappa shape index (κ1) is 21.3. The SMILES string of the molecule is Cc1ccc(-n2c(C)cc([C@H]3[C@H](c4ccccn4)NC(=S)N3c3ccccc3F)c2C)nc1. The second-order valence-corrected chi connectivity index (χ2v) is 8.69. The van der Waals surface area contributed by atoms with Crippen LogP contribution in [0.2, 0.25) is 0 Å². The minimum atomic E-state index is -0.317. The Kier molecular flexibility index (Phi) is 5.42. The first-order valence-electron chi connectivity index (χ1n) is 10.8. The van der Waals surface area contributed by atoms with Crippen LogP contribution in [-0.2, 0) is 0 Å². The summed E-state index contributed by atoms with van der Waals surface area (Å²) in [6.07, 6.45) is 3.63. The zero-order valence-corrected chi connectivity index (χ0v) is 19.5. The normalized spacial score (nSPS) is 17.9. The van der Waals surface area contributed by atoms with Gasteiger partial charge in [0.05, 0.1) is 23.5 Å². The van der Waals surface area contributed by atoms with E-state index < -0.39 is 0 Å². The fourth-order valence-corrected chi connectivity index (χ4v) is 4.95. The van der Waals surface area contributed by atoms with Crippen molar-refractivity contribution in [2.24, 2.45) is 0 Å². The molecule has 4 heterocycles. The van der Waals surface area contributed by atoms with Gasteiger partial charge < -0.3 is 14.8 Å². The number of para-hydroxylation sites is 1. The number of nitrogens with one attached hydrogen (secondary N) is 1. The van der Waals surface area contributed by atoms with E-state index in [2.05, 4.69) is 45.8 Å². The standard InChI is InChI=1S/C26H24FN5S/c1-16-11-12-23(29-15-16)31-17(2)14-19(18(31)3)25-24(21-9-6-7-13-28-21)30-26(33)32(25)22-10-5-4-8-20(22)27/h4-15,24-25H,1-3H3,(H,30,33)/t24-,25-/m0/s1. The van der Waals surface area contributed by atoms with Gasteiger partial charge in [0, 0.05) is 23.8 Å². The van der Waals surface area contributed by atoms with Gasteiger partial charge >= 0.3 is 0 Å². The number of pyridine rings is 2. The Hall–Kier alpha value is -3.58. The van der Waals surface area contributed by atoms with Gasteiger partial charge in [-0.05, 0) is 80.5 Å². The average Bonchev–Trinajstić information content (AvgIpc) is 3.31. The second-order valence-electron chi connectivity index (χ2n) is 8.30. The van der Waals surface area contributed by atoms with Crippen molar-refractivity contribution in [3.8, 4) is 5.82 Å². The lowest BCUT2D eigenvalue weighted by atomic mass is 9.96. The number of aromatic nitrogens is 3. The van der Waals surface area contributed by atoms with Gasteiger partial charge in [-0.2, -0.15) is 0 Å². The fraction of sp³-hybridized carbons (Fsp3) is 0.192. The molecule has 5 rings (SSSR count). The van der Waals surface area contributed by atoms with Crippen molar-refractivity contribution in [3.05, 3.63) is 107 Å². The highest BCUT2D eigenvalue weighted by Gasteiger charge is 2.43. The van der Waals surface area contributed by atoms with Gasteiger partial charge in [0.1, 0.15) is 11.6 Å². The van der Waals surface area contributed by atoms with E-state index in [1.807, 2.05) is 48.4 Å². The highest BCUT2D eigenvalue weighted by molar-refractivity contribution is 7.80. The quantitative estimate of drug-likeness (QED) is 0.410. The molecule has 1 N–H and O–H groups in total. The molecular formula is C26H24FN5S. The summed E-state index contributed by atoms with van der Waals surface area (Å²) in [5, 5.41) is 3.87. The summed E-state index contributed by atoms with van der Waals surface area (Å²) in [6, 6.07) is 18.2. The number of anilines is 1. The van der Waals surface area contributed by atoms with Crippen molar-refractivity contribution in [2.45, 2.75) is 32.9 Å². The molecule has 7 heteroatoms. The zero-order chi connectivity index (χ0) is 23.1. The van der Waals surface area contributed by atoms with Crippen LogP contribution in [0.25, 0.3) is 5.82 Å². The zero-order valence-electron chi connectivity index (χ0n) is 18.7. The Labute approximate surface area is 197 Å². The van der Waals surface area contributed by atoms with Crippen LogP contribution in [-0.4, -0.2) is 19.6 Å². The molecule has 0 unspecified atom stereocenters. The lowest BCUT2D eigenvalue weighted by molar-refractivity contribution is 0.556. The monoisotopic (exact) mass is 457 g/mol. The number of thiocarbonyl (C=S) groups is 1. The van der Waals surface area contributed by atoms with Crippen LogP contribution in [0, 0.1) is 26.6 Å². The van der Waals surface area contributed by atoms with Crippen LogP contribution in [0.5, 0.6) is 0 Å². The molecule has 3 aromatic heterocycles. The molecule has 1 aliphatic heterocycles. The molecule has 5 nitrogen and oxygen atoms in total. The van der Waals surface area contributed by atoms with Crippen molar-refractivity contribution in [1.29, 1.82) is 0 Å². The van der Waals surface area contributed by atoms with E-state index in [0.717, 1.165) is 34.0 Å². The number of benzene rings is 1. The molecule has 0 saturated carbocycles. The summed E-state index contributed by atoms with van der Waals surface area (Å²) in [5.41, 5.74) is 5.51. The molecule has 0 amide bonds. The van der Waals surface area contributed by atoms with Crippen LogP contribution in [0.1, 0.15) is 40.3 Å². The maximum atomic E-state index is 15.0. The van der Waals surface area contributed by atoms with E-state index in [1.165, 1.54) is 6.07 Å². The molecule has 1 aliphatic rings. The topological polar surface area (TPSA) is 46.0 Å². The predicted molar refractivity (Wildman–Crippen MR) is 132 cm³/mol. The minimum Gasteiger partial charge on any atom is -0.351 e. The van der Waals surface area contributed by atoms with Gasteiger partial charge in [0.2, 0.25) is 0 Å². The summed E-state index contributed by atoms with van der Waals surface area (Å²) in [6.45, 7) is 6.15. The van der Waals surface area contributed by atoms with E-state index in [0.29, 0.717) is 10.8 Å². The molecule has 0 spiro atoms. The molecule has 1 saturated heterocycles. The van der Waals surface area contributed by atoms with Crippen molar-refractivity contribution < 1.29 is 4.39 Å². The molecule has 0 bridgehead atoms. The summed E-state index contributed by atoms with van der Waals surface area (Å²) in [7, 11) is 0. The lowest BCUT2D eigenvalue weighted by Crippen LogP contribution is -2.30.